The van der Waals surface area contributed by atoms with Crippen LogP contribution in [0.15, 0.2) is 42.7 Å². The van der Waals surface area contributed by atoms with Gasteiger partial charge in [-0.3, -0.25) is 14.6 Å². The number of para-hydroxylation sites is 1. The van der Waals surface area contributed by atoms with Crippen molar-refractivity contribution in [2.45, 2.75) is 13.3 Å². The molecule has 2 rings (SSSR count). The SMILES string of the molecule is CCc1cnccc1C(=O)Nc1ccccc1C(=O)N(C)C. The van der Waals surface area contributed by atoms with Crippen molar-refractivity contribution in [1.29, 1.82) is 0 Å². The molecule has 5 nitrogen and oxygen atoms in total. The van der Waals surface area contributed by atoms with Crippen molar-refractivity contribution in [2.75, 3.05) is 19.4 Å². The molecule has 2 amide bonds. The van der Waals surface area contributed by atoms with Crippen LogP contribution in [0.2, 0.25) is 0 Å². The summed E-state index contributed by atoms with van der Waals surface area (Å²) in [5.74, 6) is -0.389. The second-order valence-electron chi connectivity index (χ2n) is 5.09. The van der Waals surface area contributed by atoms with Crippen molar-refractivity contribution in [3.8, 4) is 0 Å². The minimum absolute atomic E-state index is 0.152. The Bertz CT molecular complexity index is 696. The van der Waals surface area contributed by atoms with E-state index in [2.05, 4.69) is 10.3 Å². The molecule has 0 saturated carbocycles. The maximum atomic E-state index is 12.5. The van der Waals surface area contributed by atoms with Gasteiger partial charge in [-0.1, -0.05) is 19.1 Å². The van der Waals surface area contributed by atoms with Gasteiger partial charge in [-0.25, -0.2) is 0 Å². The molecule has 0 spiro atoms. The van der Waals surface area contributed by atoms with Gasteiger partial charge in [0.2, 0.25) is 0 Å². The Morgan fingerprint density at radius 1 is 1.14 bits per heavy atom. The molecular weight excluding hydrogens is 278 g/mol. The third-order valence-corrected chi connectivity index (χ3v) is 3.34. The molecule has 0 aliphatic carbocycles. The number of nitrogens with zero attached hydrogens (tertiary/aromatic N) is 2. The lowest BCUT2D eigenvalue weighted by Crippen LogP contribution is -2.24. The van der Waals surface area contributed by atoms with E-state index in [0.29, 0.717) is 16.8 Å². The van der Waals surface area contributed by atoms with Crippen LogP contribution in [0.1, 0.15) is 33.2 Å². The van der Waals surface area contributed by atoms with Gasteiger partial charge >= 0.3 is 0 Å². The quantitative estimate of drug-likeness (QED) is 0.943. The van der Waals surface area contributed by atoms with Crippen molar-refractivity contribution in [2.24, 2.45) is 0 Å². The van der Waals surface area contributed by atoms with Crippen LogP contribution in [-0.4, -0.2) is 35.8 Å². The number of nitrogens with one attached hydrogen (secondary N) is 1. The van der Waals surface area contributed by atoms with Gasteiger partial charge in [0, 0.05) is 32.1 Å². The van der Waals surface area contributed by atoms with Crippen LogP contribution in [0.3, 0.4) is 0 Å². The maximum Gasteiger partial charge on any atom is 0.256 e. The summed E-state index contributed by atoms with van der Waals surface area (Å²) >= 11 is 0. The minimum atomic E-state index is -0.238. The molecule has 0 aliphatic rings. The number of amides is 2. The number of pyridine rings is 1. The number of hydrogen-bond donors (Lipinski definition) is 1. The summed E-state index contributed by atoms with van der Waals surface area (Å²) in [7, 11) is 3.36. The van der Waals surface area contributed by atoms with E-state index in [1.54, 1.807) is 56.8 Å². The van der Waals surface area contributed by atoms with E-state index in [-0.39, 0.29) is 11.8 Å². The van der Waals surface area contributed by atoms with E-state index in [0.717, 1.165) is 12.0 Å². The van der Waals surface area contributed by atoms with Crippen molar-refractivity contribution < 1.29 is 9.59 Å². The van der Waals surface area contributed by atoms with Crippen LogP contribution in [-0.2, 0) is 6.42 Å². The second-order valence-corrected chi connectivity index (χ2v) is 5.09. The Labute approximate surface area is 130 Å². The topological polar surface area (TPSA) is 62.3 Å². The molecule has 0 radical (unpaired) electrons. The van der Waals surface area contributed by atoms with Gasteiger partial charge in [-0.05, 0) is 30.2 Å². The Hall–Kier alpha value is -2.69. The number of rotatable bonds is 4. The summed E-state index contributed by atoms with van der Waals surface area (Å²) in [4.78, 5) is 30.2. The molecule has 5 heteroatoms. The molecular formula is C17H19N3O2. The fraction of sp³-hybridized carbons (Fsp3) is 0.235. The molecule has 114 valence electrons. The molecule has 0 saturated heterocycles. The molecule has 0 aliphatic heterocycles. The summed E-state index contributed by atoms with van der Waals surface area (Å²) in [5, 5.41) is 2.82. The second kappa shape index (κ2) is 6.85. The molecule has 0 bridgehead atoms. The van der Waals surface area contributed by atoms with Crippen LogP contribution in [0.5, 0.6) is 0 Å². The number of carbonyl (C=O) groups excluding carboxylic acids is 2. The van der Waals surface area contributed by atoms with Crippen LogP contribution < -0.4 is 5.32 Å². The predicted octanol–water partition coefficient (Wildman–Crippen LogP) is 2.60. The Morgan fingerprint density at radius 3 is 2.55 bits per heavy atom. The summed E-state index contributed by atoms with van der Waals surface area (Å²) in [5.41, 5.74) is 2.42. The van der Waals surface area contributed by atoms with Crippen LogP contribution in [0, 0.1) is 0 Å². The standard InChI is InChI=1S/C17H19N3O2/c1-4-12-11-18-10-9-13(12)16(21)19-15-8-6-5-7-14(15)17(22)20(2)3/h5-11H,4H2,1-3H3,(H,19,21). The average Bonchev–Trinajstić information content (AvgIpc) is 2.54. The largest absolute Gasteiger partial charge is 0.345 e. The van der Waals surface area contributed by atoms with Gasteiger partial charge in [0.25, 0.3) is 11.8 Å². The average molecular weight is 297 g/mol. The fourth-order valence-corrected chi connectivity index (χ4v) is 2.14. The Morgan fingerprint density at radius 2 is 1.86 bits per heavy atom. The van der Waals surface area contributed by atoms with Gasteiger partial charge in [0.1, 0.15) is 0 Å². The smallest absolute Gasteiger partial charge is 0.256 e. The van der Waals surface area contributed by atoms with Gasteiger partial charge in [-0.2, -0.15) is 0 Å². The lowest BCUT2D eigenvalue weighted by molar-refractivity contribution is 0.0828. The maximum absolute atomic E-state index is 12.5. The Kier molecular flexibility index (Phi) is 4.88. The van der Waals surface area contributed by atoms with Crippen LogP contribution in [0.4, 0.5) is 5.69 Å². The van der Waals surface area contributed by atoms with E-state index in [4.69, 9.17) is 0 Å². The fourth-order valence-electron chi connectivity index (χ4n) is 2.14. The lowest BCUT2D eigenvalue weighted by atomic mass is 10.1. The third kappa shape index (κ3) is 3.31. The number of carbonyl (C=O) groups is 2. The predicted molar refractivity (Wildman–Crippen MR) is 86.0 cm³/mol. The highest BCUT2D eigenvalue weighted by Gasteiger charge is 2.16. The van der Waals surface area contributed by atoms with E-state index in [1.165, 1.54) is 4.90 Å². The van der Waals surface area contributed by atoms with E-state index in [9.17, 15) is 9.59 Å². The lowest BCUT2D eigenvalue weighted by Gasteiger charge is -2.15. The summed E-state index contributed by atoms with van der Waals surface area (Å²) < 4.78 is 0. The van der Waals surface area contributed by atoms with Crippen LogP contribution in [0.25, 0.3) is 0 Å². The van der Waals surface area contributed by atoms with E-state index >= 15 is 0 Å². The van der Waals surface area contributed by atoms with Gasteiger partial charge in [0.15, 0.2) is 0 Å². The van der Waals surface area contributed by atoms with E-state index in [1.807, 2.05) is 6.92 Å². The minimum Gasteiger partial charge on any atom is -0.345 e. The van der Waals surface area contributed by atoms with Crippen molar-refractivity contribution in [1.82, 2.24) is 9.88 Å². The first-order valence-corrected chi connectivity index (χ1v) is 7.09. The molecule has 1 aromatic carbocycles. The Balaban J connectivity index is 2.31. The van der Waals surface area contributed by atoms with E-state index < -0.39 is 0 Å². The van der Waals surface area contributed by atoms with Crippen molar-refractivity contribution >= 4 is 17.5 Å². The molecule has 22 heavy (non-hydrogen) atoms. The first-order valence-electron chi connectivity index (χ1n) is 7.09. The molecule has 1 heterocycles. The van der Waals surface area contributed by atoms with Gasteiger partial charge < -0.3 is 10.2 Å². The molecule has 0 fully saturated rings. The highest BCUT2D eigenvalue weighted by molar-refractivity contribution is 6.09. The number of aromatic nitrogens is 1. The number of benzene rings is 1. The zero-order valence-electron chi connectivity index (χ0n) is 13.0. The number of aryl methyl sites for hydroxylation is 1. The number of hydrogen-bond acceptors (Lipinski definition) is 3. The summed E-state index contributed by atoms with van der Waals surface area (Å²) in [6.45, 7) is 1.97. The van der Waals surface area contributed by atoms with Crippen molar-refractivity contribution in [3.63, 3.8) is 0 Å². The summed E-state index contributed by atoms with van der Waals surface area (Å²) in [6.07, 6.45) is 3.99. The molecule has 1 N–H and O–H groups in total. The summed E-state index contributed by atoms with van der Waals surface area (Å²) in [6, 6.07) is 8.67. The molecule has 0 unspecified atom stereocenters. The highest BCUT2D eigenvalue weighted by Crippen LogP contribution is 2.18. The molecule has 1 aromatic heterocycles. The zero-order valence-corrected chi connectivity index (χ0v) is 13.0. The molecule has 0 atom stereocenters. The monoisotopic (exact) mass is 297 g/mol. The van der Waals surface area contributed by atoms with Gasteiger partial charge in [-0.15, -0.1) is 0 Å². The van der Waals surface area contributed by atoms with Crippen molar-refractivity contribution in [3.05, 3.63) is 59.4 Å². The third-order valence-electron chi connectivity index (χ3n) is 3.34. The number of anilines is 1. The van der Waals surface area contributed by atoms with Crippen LogP contribution >= 0.6 is 0 Å². The normalized spacial score (nSPS) is 10.1. The highest BCUT2D eigenvalue weighted by atomic mass is 16.2. The van der Waals surface area contributed by atoms with Gasteiger partial charge in [0.05, 0.1) is 11.3 Å². The zero-order chi connectivity index (χ0) is 16.1. The first kappa shape index (κ1) is 15.7. The molecule has 2 aromatic rings. The first-order chi connectivity index (χ1) is 10.5.